The van der Waals surface area contributed by atoms with Crippen molar-refractivity contribution < 1.29 is 13.2 Å². The number of nitrogens with zero attached hydrogens (tertiary/aromatic N) is 2. The summed E-state index contributed by atoms with van der Waals surface area (Å²) in [4.78, 5) is 17.5. The number of halogens is 1. The molecule has 30 heavy (non-hydrogen) atoms. The molecule has 1 aliphatic heterocycles. The summed E-state index contributed by atoms with van der Waals surface area (Å²) < 4.78 is 28.0. The first-order valence-corrected chi connectivity index (χ1v) is 13.0. The lowest BCUT2D eigenvalue weighted by Gasteiger charge is -2.32. The zero-order chi connectivity index (χ0) is 21.3. The Hall–Kier alpha value is -1.78. The number of rotatable bonds is 5. The molecule has 3 aromatic rings. The van der Waals surface area contributed by atoms with E-state index in [0.717, 1.165) is 41.0 Å². The first-order chi connectivity index (χ1) is 14.3. The van der Waals surface area contributed by atoms with Gasteiger partial charge in [-0.05, 0) is 31.9 Å². The van der Waals surface area contributed by atoms with Gasteiger partial charge >= 0.3 is 0 Å². The summed E-state index contributed by atoms with van der Waals surface area (Å²) in [6, 6.07) is 10.3. The third-order valence-electron chi connectivity index (χ3n) is 4.95. The molecular formula is C20H20ClN3O3S3. The molecule has 1 unspecified atom stereocenters. The van der Waals surface area contributed by atoms with Crippen molar-refractivity contribution in [3.05, 3.63) is 51.7 Å². The molecule has 1 atom stereocenters. The quantitative estimate of drug-likeness (QED) is 0.555. The van der Waals surface area contributed by atoms with E-state index in [1.165, 1.54) is 21.7 Å². The molecule has 1 aromatic carbocycles. The smallest absolute Gasteiger partial charge is 0.253 e. The molecule has 1 amide bonds. The Morgan fingerprint density at radius 2 is 1.97 bits per heavy atom. The molecule has 1 fully saturated rings. The van der Waals surface area contributed by atoms with Gasteiger partial charge in [0.15, 0.2) is 5.13 Å². The number of thiazole rings is 1. The number of carbonyl (C=O) groups excluding carboxylic acids is 1. The molecule has 6 nitrogen and oxygen atoms in total. The Balaban J connectivity index is 1.52. The Morgan fingerprint density at radius 3 is 2.67 bits per heavy atom. The number of hydrogen-bond acceptors (Lipinski definition) is 6. The maximum Gasteiger partial charge on any atom is 0.253 e. The molecule has 0 aliphatic carbocycles. The van der Waals surface area contributed by atoms with E-state index < -0.39 is 16.1 Å². The van der Waals surface area contributed by atoms with Gasteiger partial charge in [-0.3, -0.25) is 4.79 Å². The van der Waals surface area contributed by atoms with Gasteiger partial charge in [0.05, 0.1) is 10.0 Å². The van der Waals surface area contributed by atoms with Crippen molar-refractivity contribution in [2.24, 2.45) is 0 Å². The highest BCUT2D eigenvalue weighted by Gasteiger charge is 2.38. The Morgan fingerprint density at radius 1 is 1.20 bits per heavy atom. The molecule has 0 saturated carbocycles. The first-order valence-electron chi connectivity index (χ1n) is 9.45. The van der Waals surface area contributed by atoms with Crippen LogP contribution >= 0.6 is 34.3 Å². The van der Waals surface area contributed by atoms with Gasteiger partial charge in [-0.2, -0.15) is 4.31 Å². The third kappa shape index (κ3) is 4.45. The summed E-state index contributed by atoms with van der Waals surface area (Å²) in [6.07, 6.45) is 1.99. The van der Waals surface area contributed by atoms with Crippen LogP contribution < -0.4 is 5.32 Å². The minimum Gasteiger partial charge on any atom is -0.301 e. The number of aromatic nitrogens is 1. The van der Waals surface area contributed by atoms with Crippen molar-refractivity contribution >= 4 is 55.3 Å². The van der Waals surface area contributed by atoms with Crippen molar-refractivity contribution in [3.8, 4) is 11.3 Å². The van der Waals surface area contributed by atoms with E-state index in [9.17, 15) is 13.2 Å². The first kappa shape index (κ1) is 21.5. The molecule has 1 N–H and O–H groups in total. The van der Waals surface area contributed by atoms with Crippen LogP contribution in [-0.4, -0.2) is 36.2 Å². The van der Waals surface area contributed by atoms with Gasteiger partial charge in [0.25, 0.3) is 10.0 Å². The van der Waals surface area contributed by atoms with E-state index in [2.05, 4.69) is 10.3 Å². The Bertz CT molecular complexity index is 1160. The van der Waals surface area contributed by atoms with Crippen LogP contribution in [0.2, 0.25) is 4.34 Å². The largest absolute Gasteiger partial charge is 0.301 e. The normalized spacial score (nSPS) is 17.7. The van der Waals surface area contributed by atoms with Crippen LogP contribution in [0, 0.1) is 6.92 Å². The fraction of sp³-hybridized carbons (Fsp3) is 0.300. The second kappa shape index (κ2) is 8.76. The number of hydrogen-bond donors (Lipinski definition) is 1. The maximum absolute atomic E-state index is 13.1. The van der Waals surface area contributed by atoms with Gasteiger partial charge in [0, 0.05) is 17.5 Å². The van der Waals surface area contributed by atoms with Crippen molar-refractivity contribution in [2.45, 2.75) is 36.4 Å². The van der Waals surface area contributed by atoms with Gasteiger partial charge < -0.3 is 5.32 Å². The topological polar surface area (TPSA) is 79.4 Å². The van der Waals surface area contributed by atoms with Gasteiger partial charge in [-0.25, -0.2) is 13.4 Å². The highest BCUT2D eigenvalue weighted by atomic mass is 35.5. The summed E-state index contributed by atoms with van der Waals surface area (Å²) in [5.74, 6) is -0.356. The summed E-state index contributed by atoms with van der Waals surface area (Å²) in [5.41, 5.74) is 2.90. The lowest BCUT2D eigenvalue weighted by atomic mass is 10.0. The molecule has 0 spiro atoms. The zero-order valence-electron chi connectivity index (χ0n) is 16.2. The van der Waals surface area contributed by atoms with Crippen LogP contribution in [0.3, 0.4) is 0 Å². The molecule has 2 aromatic heterocycles. The molecule has 3 heterocycles. The highest BCUT2D eigenvalue weighted by molar-refractivity contribution is 7.91. The predicted octanol–water partition coefficient (Wildman–Crippen LogP) is 5.02. The summed E-state index contributed by atoms with van der Waals surface area (Å²) in [6.45, 7) is 2.33. The van der Waals surface area contributed by atoms with E-state index in [1.54, 1.807) is 6.07 Å². The average Bonchev–Trinajstić information content (AvgIpc) is 3.38. The van der Waals surface area contributed by atoms with Crippen LogP contribution in [0.5, 0.6) is 0 Å². The van der Waals surface area contributed by atoms with E-state index in [4.69, 9.17) is 11.6 Å². The summed E-state index contributed by atoms with van der Waals surface area (Å²) in [7, 11) is -3.78. The fourth-order valence-corrected chi connectivity index (χ4v) is 7.37. The van der Waals surface area contributed by atoms with Crippen molar-refractivity contribution in [1.29, 1.82) is 0 Å². The van der Waals surface area contributed by atoms with Gasteiger partial charge in [-0.15, -0.1) is 22.7 Å². The van der Waals surface area contributed by atoms with E-state index in [0.29, 0.717) is 22.4 Å². The highest BCUT2D eigenvalue weighted by Crippen LogP contribution is 2.32. The SMILES string of the molecule is Cc1ccc(-c2csc(NC(=O)C3CCCCN3S(=O)(=O)c3ccc(Cl)s3)n2)cc1. The monoisotopic (exact) mass is 481 g/mol. The van der Waals surface area contributed by atoms with E-state index in [-0.39, 0.29) is 10.1 Å². The fourth-order valence-electron chi connectivity index (χ4n) is 3.38. The van der Waals surface area contributed by atoms with E-state index in [1.807, 2.05) is 36.6 Å². The second-order valence-corrected chi connectivity index (χ2v) is 11.8. The number of anilines is 1. The summed E-state index contributed by atoms with van der Waals surface area (Å²) >= 11 is 8.25. The molecule has 10 heteroatoms. The number of benzene rings is 1. The van der Waals surface area contributed by atoms with Gasteiger partial charge in [-0.1, -0.05) is 47.9 Å². The van der Waals surface area contributed by atoms with Gasteiger partial charge in [0.1, 0.15) is 10.3 Å². The predicted molar refractivity (Wildman–Crippen MR) is 122 cm³/mol. The van der Waals surface area contributed by atoms with Crippen LogP contribution in [0.1, 0.15) is 24.8 Å². The number of aryl methyl sites for hydroxylation is 1. The number of carbonyl (C=O) groups is 1. The van der Waals surface area contributed by atoms with Crippen molar-refractivity contribution in [3.63, 3.8) is 0 Å². The molecule has 1 saturated heterocycles. The number of amides is 1. The molecular weight excluding hydrogens is 462 g/mol. The van der Waals surface area contributed by atoms with Crippen LogP contribution in [0.15, 0.2) is 46.0 Å². The lowest BCUT2D eigenvalue weighted by molar-refractivity contribution is -0.120. The Kier molecular flexibility index (Phi) is 6.26. The van der Waals surface area contributed by atoms with Crippen LogP contribution in [0.4, 0.5) is 5.13 Å². The van der Waals surface area contributed by atoms with Crippen molar-refractivity contribution in [1.82, 2.24) is 9.29 Å². The van der Waals surface area contributed by atoms with E-state index >= 15 is 0 Å². The lowest BCUT2D eigenvalue weighted by Crippen LogP contribution is -2.49. The van der Waals surface area contributed by atoms with Crippen LogP contribution in [0.25, 0.3) is 11.3 Å². The summed E-state index contributed by atoms with van der Waals surface area (Å²) in [5, 5.41) is 5.15. The molecule has 4 rings (SSSR count). The number of thiophene rings is 1. The average molecular weight is 482 g/mol. The maximum atomic E-state index is 13.1. The molecule has 0 radical (unpaired) electrons. The number of sulfonamides is 1. The standard InChI is InChI=1S/C20H20ClN3O3S3/c1-13-5-7-14(8-6-13)15-12-28-20(22-15)23-19(25)16-4-2-3-11-24(16)30(26,27)18-10-9-17(21)29-18/h5-10,12,16H,2-4,11H2,1H3,(H,22,23,25). The molecule has 1 aliphatic rings. The minimum atomic E-state index is -3.78. The minimum absolute atomic E-state index is 0.156. The molecule has 0 bridgehead atoms. The molecule has 158 valence electrons. The number of nitrogens with one attached hydrogen (secondary N) is 1. The van der Waals surface area contributed by atoms with Gasteiger partial charge in [0.2, 0.25) is 5.91 Å². The zero-order valence-corrected chi connectivity index (χ0v) is 19.4. The van der Waals surface area contributed by atoms with Crippen LogP contribution in [-0.2, 0) is 14.8 Å². The number of piperidine rings is 1. The van der Waals surface area contributed by atoms with Crippen molar-refractivity contribution in [2.75, 3.05) is 11.9 Å². The Labute approximate surface area is 188 Å². The second-order valence-electron chi connectivity index (χ2n) is 7.08. The third-order valence-corrected chi connectivity index (χ3v) is 9.31.